The first-order valence-electron chi connectivity index (χ1n) is 8.85. The minimum Gasteiger partial charge on any atom is -0.477 e. The number of carbonyl (C=O) groups is 2. The molecular weight excluding hydrogens is 432 g/mol. The number of thioether (sulfide) groups is 2. The summed E-state index contributed by atoms with van der Waals surface area (Å²) in [6.45, 7) is 0. The van der Waals surface area contributed by atoms with Gasteiger partial charge in [0.15, 0.2) is 0 Å². The number of para-hydroxylation sites is 1. The molecule has 0 unspecified atom stereocenters. The first-order valence-corrected chi connectivity index (χ1v) is 11.2. The van der Waals surface area contributed by atoms with Gasteiger partial charge in [0, 0.05) is 31.9 Å². The molecule has 3 N–H and O–H groups in total. The largest absolute Gasteiger partial charge is 0.477 e. The lowest BCUT2D eigenvalue weighted by molar-refractivity contribution is -0.147. The molecule has 1 fully saturated rings. The molecule has 2 aliphatic rings. The summed E-state index contributed by atoms with van der Waals surface area (Å²) in [5, 5.41) is 11.3. The maximum atomic E-state index is 12.2. The number of β-lactam (4-membered cyclic amide) rings is 1. The summed E-state index contributed by atoms with van der Waals surface area (Å²) in [5.41, 5.74) is 8.20. The van der Waals surface area contributed by atoms with Crippen LogP contribution >= 0.6 is 35.1 Å². The van der Waals surface area contributed by atoms with Gasteiger partial charge in [0.05, 0.1) is 5.88 Å². The number of carboxylic acid groups (broad SMARTS) is 1. The minimum atomic E-state index is -1.12. The summed E-state index contributed by atoms with van der Waals surface area (Å²) in [6.07, 6.45) is 0. The monoisotopic (exact) mass is 446 g/mol. The van der Waals surface area contributed by atoms with Crippen LogP contribution in [0.4, 0.5) is 0 Å². The van der Waals surface area contributed by atoms with Crippen molar-refractivity contribution in [2.24, 2.45) is 5.73 Å². The number of amides is 1. The van der Waals surface area contributed by atoms with E-state index in [1.807, 2.05) is 36.4 Å². The number of halogens is 1. The highest BCUT2D eigenvalue weighted by Gasteiger charge is 2.51. The molecule has 0 radical (unpaired) electrons. The fourth-order valence-corrected chi connectivity index (χ4v) is 6.56. The molecule has 0 spiro atoms. The zero-order chi connectivity index (χ0) is 20.3. The quantitative estimate of drug-likeness (QED) is 0.462. The van der Waals surface area contributed by atoms with Crippen molar-refractivity contribution in [1.82, 2.24) is 4.90 Å². The third-order valence-corrected chi connectivity index (χ3v) is 8.04. The van der Waals surface area contributed by atoms with Gasteiger partial charge >= 0.3 is 5.97 Å². The van der Waals surface area contributed by atoms with E-state index in [9.17, 15) is 14.7 Å². The van der Waals surface area contributed by atoms with E-state index in [-0.39, 0.29) is 17.0 Å². The topological polar surface area (TPSA) is 96.8 Å². The number of nitrogens with zero attached hydrogens (tertiary/aromatic N) is 1. The summed E-state index contributed by atoms with van der Waals surface area (Å²) in [7, 11) is 0. The number of rotatable bonds is 4. The molecule has 1 saturated heterocycles. The van der Waals surface area contributed by atoms with Gasteiger partial charge in [-0.15, -0.1) is 23.4 Å². The van der Waals surface area contributed by atoms with E-state index in [0.717, 1.165) is 26.8 Å². The Morgan fingerprint density at radius 2 is 2.14 bits per heavy atom. The smallest absolute Gasteiger partial charge is 0.353 e. The zero-order valence-corrected chi connectivity index (χ0v) is 17.3. The number of nitrogens with two attached hydrogens (primary N) is 1. The van der Waals surface area contributed by atoms with Crippen molar-refractivity contribution in [3.05, 3.63) is 52.6 Å². The molecule has 3 heterocycles. The summed E-state index contributed by atoms with van der Waals surface area (Å²) in [5.74, 6) is -0.653. The summed E-state index contributed by atoms with van der Waals surface area (Å²) in [6, 6.07) is 10.9. The van der Waals surface area contributed by atoms with E-state index in [0.29, 0.717) is 22.1 Å². The van der Waals surface area contributed by atoms with Crippen LogP contribution in [0.25, 0.3) is 21.9 Å². The van der Waals surface area contributed by atoms with E-state index in [1.54, 1.807) is 0 Å². The van der Waals surface area contributed by atoms with E-state index < -0.39 is 12.0 Å². The Balaban J connectivity index is 1.65. The molecule has 3 aromatic rings. The molecule has 1 amide bonds. The molecule has 5 rings (SSSR count). The second-order valence-corrected chi connectivity index (χ2v) is 9.28. The maximum Gasteiger partial charge on any atom is 0.353 e. The van der Waals surface area contributed by atoms with Crippen LogP contribution in [0, 0.1) is 0 Å². The average Bonchev–Trinajstić information content (AvgIpc) is 3.12. The van der Waals surface area contributed by atoms with Gasteiger partial charge in [0.25, 0.3) is 0 Å². The lowest BCUT2D eigenvalue weighted by Gasteiger charge is -2.47. The van der Waals surface area contributed by atoms with Crippen molar-refractivity contribution < 1.29 is 19.1 Å². The van der Waals surface area contributed by atoms with E-state index >= 15 is 0 Å². The van der Waals surface area contributed by atoms with Gasteiger partial charge < -0.3 is 15.3 Å². The number of furan rings is 1. The van der Waals surface area contributed by atoms with E-state index in [2.05, 4.69) is 0 Å². The molecule has 1 aromatic heterocycles. The second-order valence-electron chi connectivity index (χ2n) is 6.77. The maximum absolute atomic E-state index is 12.2. The highest BCUT2D eigenvalue weighted by atomic mass is 35.5. The van der Waals surface area contributed by atoms with Gasteiger partial charge in [0.1, 0.15) is 28.3 Å². The number of benzene rings is 2. The molecule has 148 valence electrons. The Bertz CT molecular complexity index is 1220. The third kappa shape index (κ3) is 2.78. The van der Waals surface area contributed by atoms with Crippen molar-refractivity contribution in [3.8, 4) is 0 Å². The van der Waals surface area contributed by atoms with Crippen LogP contribution in [0.3, 0.4) is 0 Å². The predicted molar refractivity (Wildman–Crippen MR) is 115 cm³/mol. The number of hydrogen-bond acceptors (Lipinski definition) is 6. The Hall–Kier alpha value is -2.13. The first-order chi connectivity index (χ1) is 14.0. The molecule has 2 atom stereocenters. The highest BCUT2D eigenvalue weighted by Crippen LogP contribution is 2.47. The average molecular weight is 447 g/mol. The van der Waals surface area contributed by atoms with Crippen LogP contribution in [0.5, 0.6) is 0 Å². The number of carboxylic acids is 1. The zero-order valence-electron chi connectivity index (χ0n) is 14.9. The van der Waals surface area contributed by atoms with E-state index in [1.165, 1.54) is 28.4 Å². The minimum absolute atomic E-state index is 0.0247. The summed E-state index contributed by atoms with van der Waals surface area (Å²) in [4.78, 5) is 26.9. The molecule has 0 saturated carbocycles. The summed E-state index contributed by atoms with van der Waals surface area (Å²) >= 11 is 8.90. The van der Waals surface area contributed by atoms with Crippen molar-refractivity contribution in [2.45, 2.75) is 22.2 Å². The van der Waals surface area contributed by atoms with Crippen molar-refractivity contribution in [3.63, 3.8) is 0 Å². The third-order valence-electron chi connectivity index (χ3n) is 5.12. The van der Waals surface area contributed by atoms with Gasteiger partial charge in [-0.2, -0.15) is 0 Å². The second kappa shape index (κ2) is 6.98. The lowest BCUT2D eigenvalue weighted by Crippen LogP contribution is -2.68. The standard InChI is InChI=1S/C20H15ClN2O4S2/c21-7-9-3-1-4-10-14-11(27-17(9)10)5-2-6-12(14)29-13-8-28-19-15(22)18(24)23(19)16(13)20(25)26/h1-6,15,19H,7-8,22H2,(H,25,26)/t15-,19+/m1/s1. The van der Waals surface area contributed by atoms with Crippen LogP contribution in [-0.4, -0.2) is 39.1 Å². The van der Waals surface area contributed by atoms with Crippen LogP contribution in [0.2, 0.25) is 0 Å². The molecule has 2 aliphatic heterocycles. The van der Waals surface area contributed by atoms with Crippen molar-refractivity contribution in [2.75, 3.05) is 5.75 Å². The van der Waals surface area contributed by atoms with Gasteiger partial charge in [-0.1, -0.05) is 36.0 Å². The number of alkyl halides is 1. The van der Waals surface area contributed by atoms with Gasteiger partial charge in [-0.25, -0.2) is 4.79 Å². The number of hydrogen-bond donors (Lipinski definition) is 2. The predicted octanol–water partition coefficient (Wildman–Crippen LogP) is 3.96. The van der Waals surface area contributed by atoms with Crippen LogP contribution in [0.15, 0.2) is 56.3 Å². The SMILES string of the molecule is N[C@@H]1C(=O)N2C(C(=O)O)=C(Sc3cccc4oc5c(CCl)cccc5c34)CS[C@@H]12. The molecule has 0 bridgehead atoms. The van der Waals surface area contributed by atoms with Gasteiger partial charge in [-0.05, 0) is 12.1 Å². The molecular formula is C20H15ClN2O4S2. The van der Waals surface area contributed by atoms with Crippen molar-refractivity contribution >= 4 is 68.9 Å². The van der Waals surface area contributed by atoms with Gasteiger partial charge in [0.2, 0.25) is 5.91 Å². The number of fused-ring (bicyclic) bond motifs is 4. The molecule has 29 heavy (non-hydrogen) atoms. The summed E-state index contributed by atoms with van der Waals surface area (Å²) < 4.78 is 6.04. The van der Waals surface area contributed by atoms with Crippen molar-refractivity contribution in [1.29, 1.82) is 0 Å². The fraction of sp³-hybridized carbons (Fsp3) is 0.200. The van der Waals surface area contributed by atoms with Crippen LogP contribution in [-0.2, 0) is 15.5 Å². The Labute approximate surface area is 179 Å². The fourth-order valence-electron chi connectivity index (χ4n) is 3.76. The Kier molecular flexibility index (Phi) is 4.54. The van der Waals surface area contributed by atoms with Gasteiger partial charge in [-0.3, -0.25) is 9.69 Å². The molecule has 0 aliphatic carbocycles. The Morgan fingerprint density at radius 1 is 1.34 bits per heavy atom. The highest BCUT2D eigenvalue weighted by molar-refractivity contribution is 8.06. The first kappa shape index (κ1) is 18.9. The molecule has 6 nitrogen and oxygen atoms in total. The normalized spacial score (nSPS) is 21.6. The van der Waals surface area contributed by atoms with E-state index in [4.69, 9.17) is 21.8 Å². The van der Waals surface area contributed by atoms with Crippen LogP contribution < -0.4 is 5.73 Å². The number of aliphatic carboxylic acids is 1. The number of carbonyl (C=O) groups excluding carboxylic acids is 1. The molecule has 9 heteroatoms. The van der Waals surface area contributed by atoms with Crippen LogP contribution in [0.1, 0.15) is 5.56 Å². The Morgan fingerprint density at radius 3 is 2.90 bits per heavy atom. The molecule has 2 aromatic carbocycles. The lowest BCUT2D eigenvalue weighted by atomic mass is 10.1.